The zero-order chi connectivity index (χ0) is 13.1. The lowest BCUT2D eigenvalue weighted by atomic mass is 10.1. The number of rotatable bonds is 4. The molecule has 0 saturated carbocycles. The maximum atomic E-state index is 9.44. The van der Waals surface area contributed by atoms with E-state index in [1.807, 2.05) is 19.4 Å². The van der Waals surface area contributed by atoms with Crippen LogP contribution in [0.25, 0.3) is 0 Å². The standard InChI is InChI=1S/C13H16N2O2S/c1-8(10-3-11(16)5-12(17)4-10)14-6-13-9(2)15-7-18-13/h3-5,7-8,14,16-17H,6H2,1-2H3. The molecule has 18 heavy (non-hydrogen) atoms. The predicted molar refractivity (Wildman–Crippen MR) is 71.9 cm³/mol. The first-order valence-corrected chi connectivity index (χ1v) is 6.59. The highest BCUT2D eigenvalue weighted by molar-refractivity contribution is 7.09. The predicted octanol–water partition coefficient (Wildman–Crippen LogP) is 2.71. The molecule has 1 atom stereocenters. The number of aromatic hydroxyl groups is 2. The van der Waals surface area contributed by atoms with Gasteiger partial charge in [0.25, 0.3) is 0 Å². The van der Waals surface area contributed by atoms with Crippen LogP contribution in [-0.4, -0.2) is 15.2 Å². The number of benzene rings is 1. The largest absolute Gasteiger partial charge is 0.508 e. The molecule has 2 aromatic rings. The highest BCUT2D eigenvalue weighted by Crippen LogP contribution is 2.25. The van der Waals surface area contributed by atoms with Crippen molar-refractivity contribution in [3.05, 3.63) is 39.8 Å². The van der Waals surface area contributed by atoms with Crippen LogP contribution in [0.3, 0.4) is 0 Å². The van der Waals surface area contributed by atoms with Gasteiger partial charge in [-0.25, -0.2) is 4.98 Å². The van der Waals surface area contributed by atoms with Gasteiger partial charge in [-0.2, -0.15) is 0 Å². The number of thiazole rings is 1. The SMILES string of the molecule is Cc1ncsc1CNC(C)c1cc(O)cc(O)c1. The Morgan fingerprint density at radius 2 is 1.94 bits per heavy atom. The monoisotopic (exact) mass is 264 g/mol. The van der Waals surface area contributed by atoms with Crippen molar-refractivity contribution in [2.45, 2.75) is 26.4 Å². The third kappa shape index (κ3) is 3.00. The minimum Gasteiger partial charge on any atom is -0.508 e. The molecule has 2 rings (SSSR count). The quantitative estimate of drug-likeness (QED) is 0.794. The lowest BCUT2D eigenvalue weighted by molar-refractivity contribution is 0.446. The van der Waals surface area contributed by atoms with Crippen LogP contribution in [0.1, 0.15) is 29.1 Å². The van der Waals surface area contributed by atoms with Crippen LogP contribution in [-0.2, 0) is 6.54 Å². The average Bonchev–Trinajstić information content (AvgIpc) is 2.70. The van der Waals surface area contributed by atoms with Crippen molar-refractivity contribution >= 4 is 11.3 Å². The number of aromatic nitrogens is 1. The number of hydrogen-bond acceptors (Lipinski definition) is 5. The first kappa shape index (κ1) is 12.9. The van der Waals surface area contributed by atoms with Gasteiger partial charge in [-0.3, -0.25) is 0 Å². The molecule has 1 aromatic heterocycles. The lowest BCUT2D eigenvalue weighted by Crippen LogP contribution is -2.17. The van der Waals surface area contributed by atoms with E-state index < -0.39 is 0 Å². The van der Waals surface area contributed by atoms with Crippen molar-refractivity contribution < 1.29 is 10.2 Å². The molecule has 0 aliphatic carbocycles. The molecule has 0 aliphatic heterocycles. The van der Waals surface area contributed by atoms with Gasteiger partial charge in [-0.15, -0.1) is 11.3 Å². The molecule has 1 aromatic carbocycles. The summed E-state index contributed by atoms with van der Waals surface area (Å²) in [6, 6.07) is 4.67. The second-order valence-corrected chi connectivity index (χ2v) is 5.19. The second kappa shape index (κ2) is 5.37. The van der Waals surface area contributed by atoms with Crippen molar-refractivity contribution in [3.63, 3.8) is 0 Å². The fourth-order valence-electron chi connectivity index (χ4n) is 1.73. The third-order valence-corrected chi connectivity index (χ3v) is 3.77. The molecule has 1 unspecified atom stereocenters. The molecule has 0 aliphatic rings. The zero-order valence-electron chi connectivity index (χ0n) is 10.3. The summed E-state index contributed by atoms with van der Waals surface area (Å²) in [5, 5.41) is 22.2. The summed E-state index contributed by atoms with van der Waals surface area (Å²) in [5.74, 6) is 0.153. The summed E-state index contributed by atoms with van der Waals surface area (Å²) in [5.41, 5.74) is 3.73. The van der Waals surface area contributed by atoms with Gasteiger partial charge in [-0.05, 0) is 31.5 Å². The van der Waals surface area contributed by atoms with E-state index in [1.165, 1.54) is 10.9 Å². The highest BCUT2D eigenvalue weighted by atomic mass is 32.1. The molecule has 0 bridgehead atoms. The first-order valence-electron chi connectivity index (χ1n) is 5.71. The van der Waals surface area contributed by atoms with Crippen molar-refractivity contribution in [1.29, 1.82) is 0 Å². The van der Waals surface area contributed by atoms with Crippen LogP contribution in [0.4, 0.5) is 0 Å². The van der Waals surface area contributed by atoms with Crippen molar-refractivity contribution in [2.75, 3.05) is 0 Å². The topological polar surface area (TPSA) is 65.4 Å². The number of nitrogens with one attached hydrogen (secondary N) is 1. The zero-order valence-corrected chi connectivity index (χ0v) is 11.2. The Kier molecular flexibility index (Phi) is 3.84. The Bertz CT molecular complexity index is 519. The molecule has 4 nitrogen and oxygen atoms in total. The van der Waals surface area contributed by atoms with Gasteiger partial charge < -0.3 is 15.5 Å². The van der Waals surface area contributed by atoms with E-state index in [1.54, 1.807) is 23.5 Å². The maximum absolute atomic E-state index is 9.44. The number of nitrogens with zero attached hydrogens (tertiary/aromatic N) is 1. The number of hydrogen-bond donors (Lipinski definition) is 3. The summed E-state index contributed by atoms with van der Waals surface area (Å²) in [4.78, 5) is 5.39. The number of aryl methyl sites for hydroxylation is 1. The van der Waals surface area contributed by atoms with E-state index in [4.69, 9.17) is 0 Å². The van der Waals surface area contributed by atoms with Crippen LogP contribution in [0.2, 0.25) is 0 Å². The van der Waals surface area contributed by atoms with E-state index in [0.717, 1.165) is 17.8 Å². The second-order valence-electron chi connectivity index (χ2n) is 4.25. The van der Waals surface area contributed by atoms with Gasteiger partial charge in [-0.1, -0.05) is 0 Å². The molecule has 3 N–H and O–H groups in total. The Morgan fingerprint density at radius 1 is 1.28 bits per heavy atom. The van der Waals surface area contributed by atoms with Gasteiger partial charge in [0.2, 0.25) is 0 Å². The summed E-state index contributed by atoms with van der Waals surface area (Å²) in [6.07, 6.45) is 0. The van der Waals surface area contributed by atoms with Crippen LogP contribution in [0, 0.1) is 6.92 Å². The lowest BCUT2D eigenvalue weighted by Gasteiger charge is -2.14. The Morgan fingerprint density at radius 3 is 2.50 bits per heavy atom. The van der Waals surface area contributed by atoms with E-state index in [9.17, 15) is 10.2 Å². The summed E-state index contributed by atoms with van der Waals surface area (Å²) in [6.45, 7) is 4.71. The van der Waals surface area contributed by atoms with Gasteiger partial charge in [0.05, 0.1) is 11.2 Å². The normalized spacial score (nSPS) is 12.6. The molecule has 0 fully saturated rings. The summed E-state index contributed by atoms with van der Waals surface area (Å²) >= 11 is 1.62. The Labute approximate surface area is 110 Å². The highest BCUT2D eigenvalue weighted by Gasteiger charge is 2.09. The van der Waals surface area contributed by atoms with E-state index in [0.29, 0.717) is 0 Å². The molecular weight excluding hydrogens is 248 g/mol. The minimum absolute atomic E-state index is 0.0458. The van der Waals surface area contributed by atoms with Crippen LogP contribution < -0.4 is 5.32 Å². The van der Waals surface area contributed by atoms with Crippen molar-refractivity contribution in [1.82, 2.24) is 10.3 Å². The van der Waals surface area contributed by atoms with E-state index >= 15 is 0 Å². The molecule has 5 heteroatoms. The fourth-order valence-corrected chi connectivity index (χ4v) is 2.46. The molecule has 0 spiro atoms. The van der Waals surface area contributed by atoms with Crippen molar-refractivity contribution in [3.8, 4) is 11.5 Å². The van der Waals surface area contributed by atoms with Gasteiger partial charge in [0.15, 0.2) is 0 Å². The summed E-state index contributed by atoms with van der Waals surface area (Å²) < 4.78 is 0. The van der Waals surface area contributed by atoms with Crippen LogP contribution >= 0.6 is 11.3 Å². The Balaban J connectivity index is 2.03. The minimum atomic E-state index is 0.0458. The number of phenolic OH excluding ortho intramolecular Hbond substituents is 2. The number of phenols is 2. The fraction of sp³-hybridized carbons (Fsp3) is 0.308. The molecule has 0 radical (unpaired) electrons. The van der Waals surface area contributed by atoms with Crippen molar-refractivity contribution in [2.24, 2.45) is 0 Å². The van der Waals surface area contributed by atoms with Gasteiger partial charge >= 0.3 is 0 Å². The van der Waals surface area contributed by atoms with Gasteiger partial charge in [0.1, 0.15) is 11.5 Å². The van der Waals surface area contributed by atoms with Gasteiger partial charge in [0, 0.05) is 23.5 Å². The Hall–Kier alpha value is -1.59. The molecular formula is C13H16N2O2S. The van der Waals surface area contributed by atoms with Crippen LogP contribution in [0.15, 0.2) is 23.7 Å². The van der Waals surface area contributed by atoms with E-state index in [2.05, 4.69) is 10.3 Å². The third-order valence-electron chi connectivity index (χ3n) is 2.84. The molecule has 1 heterocycles. The first-order chi connectivity index (χ1) is 8.56. The molecule has 0 saturated heterocycles. The average molecular weight is 264 g/mol. The molecule has 0 amide bonds. The maximum Gasteiger partial charge on any atom is 0.119 e. The van der Waals surface area contributed by atoms with Crippen LogP contribution in [0.5, 0.6) is 11.5 Å². The summed E-state index contributed by atoms with van der Waals surface area (Å²) in [7, 11) is 0. The molecule has 96 valence electrons. The smallest absolute Gasteiger partial charge is 0.119 e. The van der Waals surface area contributed by atoms with E-state index in [-0.39, 0.29) is 17.5 Å².